The molecule has 1 fully saturated rings. The number of rotatable bonds is 0. The smallest absolute Gasteiger partial charge is 0.140 e. The Hall–Kier alpha value is -0.850. The van der Waals surface area contributed by atoms with Crippen molar-refractivity contribution >= 4 is 5.78 Å². The highest BCUT2D eigenvalue weighted by molar-refractivity contribution is 5.87. The van der Waals surface area contributed by atoms with Crippen LogP contribution in [-0.4, -0.2) is 5.78 Å². The molecule has 4 aliphatic carbocycles. The van der Waals surface area contributed by atoms with E-state index in [2.05, 4.69) is 25.2 Å². The first-order valence-electron chi connectivity index (χ1n) is 5.15. The van der Waals surface area contributed by atoms with Crippen molar-refractivity contribution in [2.75, 3.05) is 0 Å². The van der Waals surface area contributed by atoms with E-state index in [-0.39, 0.29) is 5.92 Å². The number of allylic oxidation sites excluding steroid dienone is 4. The molecule has 0 aromatic carbocycles. The molecule has 4 aliphatic rings. The van der Waals surface area contributed by atoms with Gasteiger partial charge in [-0.25, -0.2) is 0 Å². The lowest BCUT2D eigenvalue weighted by molar-refractivity contribution is -0.128. The highest BCUT2D eigenvalue weighted by Gasteiger charge is 2.47. The molecule has 0 spiro atoms. The van der Waals surface area contributed by atoms with Crippen LogP contribution in [0.4, 0.5) is 0 Å². The molecule has 0 aromatic rings. The minimum Gasteiger partial charge on any atom is -0.299 e. The third kappa shape index (κ3) is 0.849. The average molecular weight is 174 g/mol. The zero-order valence-electron chi connectivity index (χ0n) is 7.86. The quantitative estimate of drug-likeness (QED) is 0.515. The van der Waals surface area contributed by atoms with Gasteiger partial charge in [0.2, 0.25) is 0 Å². The van der Waals surface area contributed by atoms with Crippen molar-refractivity contribution in [3.05, 3.63) is 23.8 Å². The van der Waals surface area contributed by atoms with Gasteiger partial charge in [0.25, 0.3) is 0 Å². The molecular formula is C12H14O. The Kier molecular flexibility index (Phi) is 1.36. The highest BCUT2D eigenvalue weighted by Crippen LogP contribution is 2.50. The molecule has 1 heteroatoms. The van der Waals surface area contributed by atoms with Crippen molar-refractivity contribution in [2.45, 2.75) is 19.8 Å². The maximum Gasteiger partial charge on any atom is 0.140 e. The monoisotopic (exact) mass is 174 g/mol. The minimum atomic E-state index is 0.269. The van der Waals surface area contributed by atoms with Crippen molar-refractivity contribution in [2.24, 2.45) is 23.7 Å². The van der Waals surface area contributed by atoms with Gasteiger partial charge in [-0.1, -0.05) is 23.8 Å². The summed E-state index contributed by atoms with van der Waals surface area (Å²) in [7, 11) is 0. The van der Waals surface area contributed by atoms with Crippen molar-refractivity contribution in [1.29, 1.82) is 0 Å². The number of carbonyl (C=O) groups is 1. The van der Waals surface area contributed by atoms with Crippen molar-refractivity contribution < 1.29 is 4.79 Å². The number of Topliss-reactive ketones (excluding diaryl/α,β-unsaturated/α-hetero) is 1. The van der Waals surface area contributed by atoms with E-state index in [1.165, 1.54) is 5.57 Å². The van der Waals surface area contributed by atoms with E-state index in [1.807, 2.05) is 0 Å². The van der Waals surface area contributed by atoms with Gasteiger partial charge in [0.05, 0.1) is 0 Å². The van der Waals surface area contributed by atoms with Gasteiger partial charge in [0.15, 0.2) is 0 Å². The molecule has 4 rings (SSSR count). The Morgan fingerprint density at radius 3 is 3.08 bits per heavy atom. The van der Waals surface area contributed by atoms with E-state index in [0.717, 1.165) is 12.8 Å². The fourth-order valence-electron chi connectivity index (χ4n) is 3.45. The van der Waals surface area contributed by atoms with E-state index in [1.54, 1.807) is 0 Å². The molecule has 0 saturated heterocycles. The zero-order chi connectivity index (χ0) is 9.00. The summed E-state index contributed by atoms with van der Waals surface area (Å²) in [6.07, 6.45) is 8.86. The maximum atomic E-state index is 11.7. The standard InChI is InChI=1S/C12H14O/c1-7-5-8-6-11(13)12(7)10-4-2-3-9(8)10/h2-3,5,8-10,12H,4,6H2,1H3/t8-,9+,10+,12-/m0/s1. The molecule has 2 bridgehead atoms. The largest absolute Gasteiger partial charge is 0.299 e. The Balaban J connectivity index is 2.08. The second-order valence-corrected chi connectivity index (χ2v) is 4.63. The zero-order valence-corrected chi connectivity index (χ0v) is 7.86. The van der Waals surface area contributed by atoms with Gasteiger partial charge in [-0.05, 0) is 31.1 Å². The van der Waals surface area contributed by atoms with Crippen molar-refractivity contribution in [3.8, 4) is 0 Å². The summed E-state index contributed by atoms with van der Waals surface area (Å²) in [5.41, 5.74) is 1.34. The van der Waals surface area contributed by atoms with E-state index in [0.29, 0.717) is 23.5 Å². The van der Waals surface area contributed by atoms with Crippen LogP contribution in [0, 0.1) is 23.7 Å². The second-order valence-electron chi connectivity index (χ2n) is 4.63. The first-order chi connectivity index (χ1) is 6.27. The molecule has 0 heterocycles. The van der Waals surface area contributed by atoms with Gasteiger partial charge in [-0.2, -0.15) is 0 Å². The minimum absolute atomic E-state index is 0.269. The normalized spacial score (nSPS) is 46.5. The maximum absolute atomic E-state index is 11.7. The molecular weight excluding hydrogens is 160 g/mol. The van der Waals surface area contributed by atoms with Gasteiger partial charge in [0.1, 0.15) is 5.78 Å². The summed E-state index contributed by atoms with van der Waals surface area (Å²) in [4.78, 5) is 11.7. The van der Waals surface area contributed by atoms with Crippen LogP contribution in [0.2, 0.25) is 0 Å². The van der Waals surface area contributed by atoms with E-state index in [9.17, 15) is 4.79 Å². The lowest BCUT2D eigenvalue weighted by Gasteiger charge is -2.42. The molecule has 0 amide bonds. The lowest BCUT2D eigenvalue weighted by Crippen LogP contribution is -2.42. The van der Waals surface area contributed by atoms with Crippen LogP contribution in [0.5, 0.6) is 0 Å². The Labute approximate surface area is 78.5 Å². The summed E-state index contributed by atoms with van der Waals surface area (Å²) >= 11 is 0. The Bertz CT molecular complexity index is 324. The number of carbonyl (C=O) groups excluding carboxylic acids is 1. The number of hydrogen-bond acceptors (Lipinski definition) is 1. The molecule has 0 aromatic heterocycles. The predicted octanol–water partition coefficient (Wildman–Crippen LogP) is 2.34. The van der Waals surface area contributed by atoms with E-state index >= 15 is 0 Å². The lowest BCUT2D eigenvalue weighted by atomic mass is 9.60. The molecule has 0 radical (unpaired) electrons. The third-order valence-corrected chi connectivity index (χ3v) is 3.93. The number of ketones is 1. The summed E-state index contributed by atoms with van der Waals surface area (Å²) in [5, 5.41) is 0. The first-order valence-corrected chi connectivity index (χ1v) is 5.15. The Morgan fingerprint density at radius 1 is 1.46 bits per heavy atom. The SMILES string of the molecule is CC1=C[C@H]2CC(=O)[C@@H]1[C@@H]1CC=C[C@@H]12. The summed E-state index contributed by atoms with van der Waals surface area (Å²) in [5.74, 6) is 2.60. The van der Waals surface area contributed by atoms with Crippen LogP contribution in [0.1, 0.15) is 19.8 Å². The van der Waals surface area contributed by atoms with Crippen LogP contribution in [-0.2, 0) is 4.79 Å². The van der Waals surface area contributed by atoms with Crippen LogP contribution in [0.3, 0.4) is 0 Å². The van der Waals surface area contributed by atoms with Gasteiger partial charge in [-0.3, -0.25) is 4.79 Å². The molecule has 68 valence electrons. The molecule has 1 nitrogen and oxygen atoms in total. The van der Waals surface area contributed by atoms with E-state index in [4.69, 9.17) is 0 Å². The number of fused-ring (bicyclic) bond motifs is 1. The molecule has 13 heavy (non-hydrogen) atoms. The van der Waals surface area contributed by atoms with Gasteiger partial charge >= 0.3 is 0 Å². The predicted molar refractivity (Wildman–Crippen MR) is 51.1 cm³/mol. The fraction of sp³-hybridized carbons (Fsp3) is 0.583. The van der Waals surface area contributed by atoms with Gasteiger partial charge in [-0.15, -0.1) is 0 Å². The van der Waals surface area contributed by atoms with Gasteiger partial charge in [0, 0.05) is 12.3 Å². The second kappa shape index (κ2) is 2.34. The molecule has 4 atom stereocenters. The number of hydrogen-bond donors (Lipinski definition) is 0. The van der Waals surface area contributed by atoms with Crippen molar-refractivity contribution in [1.82, 2.24) is 0 Å². The topological polar surface area (TPSA) is 17.1 Å². The highest BCUT2D eigenvalue weighted by atomic mass is 16.1. The molecule has 1 saturated carbocycles. The molecule has 0 unspecified atom stereocenters. The first kappa shape index (κ1) is 7.54. The van der Waals surface area contributed by atoms with Crippen LogP contribution >= 0.6 is 0 Å². The molecule has 0 N–H and O–H groups in total. The fourth-order valence-corrected chi connectivity index (χ4v) is 3.45. The van der Waals surface area contributed by atoms with E-state index < -0.39 is 0 Å². The third-order valence-electron chi connectivity index (χ3n) is 3.93. The Morgan fingerprint density at radius 2 is 2.31 bits per heavy atom. The average Bonchev–Trinajstić information content (AvgIpc) is 2.51. The summed E-state index contributed by atoms with van der Waals surface area (Å²) in [6, 6.07) is 0. The van der Waals surface area contributed by atoms with Crippen LogP contribution < -0.4 is 0 Å². The summed E-state index contributed by atoms with van der Waals surface area (Å²) in [6.45, 7) is 2.13. The summed E-state index contributed by atoms with van der Waals surface area (Å²) < 4.78 is 0. The van der Waals surface area contributed by atoms with Gasteiger partial charge < -0.3 is 0 Å². The molecule has 0 aliphatic heterocycles. The van der Waals surface area contributed by atoms with Crippen LogP contribution in [0.25, 0.3) is 0 Å². The van der Waals surface area contributed by atoms with Crippen molar-refractivity contribution in [3.63, 3.8) is 0 Å². The van der Waals surface area contributed by atoms with Crippen LogP contribution in [0.15, 0.2) is 23.8 Å².